The van der Waals surface area contributed by atoms with Crippen molar-refractivity contribution in [3.63, 3.8) is 0 Å². The van der Waals surface area contributed by atoms with E-state index in [1.165, 1.54) is 10.4 Å². The molecule has 1 aromatic carbocycles. The second-order valence-corrected chi connectivity index (χ2v) is 12.0. The number of hydrogen-bond acceptors (Lipinski definition) is 9. The molecule has 0 atom stereocenters. The minimum atomic E-state index is -4.59. The molecule has 0 unspecified atom stereocenters. The zero-order valence-electron chi connectivity index (χ0n) is 20.9. The maximum absolute atomic E-state index is 13.7. The van der Waals surface area contributed by atoms with E-state index in [4.69, 9.17) is 0 Å². The van der Waals surface area contributed by atoms with Crippen LogP contribution in [0.15, 0.2) is 58.7 Å². The average molecular weight is 594 g/mol. The SMILES string of the molecule is Cc1sc2ncn(CC(=O)Nc3cccc(C(F)(F)F)c3)c(=O)c2c1S(=O)(=O)N1CCN(c2ncccn2)CC1. The fraction of sp³-hybridized carbons (Fsp3) is 0.292. The lowest BCUT2D eigenvalue weighted by Gasteiger charge is -2.33. The Morgan fingerprint density at radius 2 is 1.77 bits per heavy atom. The van der Waals surface area contributed by atoms with Gasteiger partial charge in [-0.1, -0.05) is 6.07 Å². The molecular weight excluding hydrogens is 571 g/mol. The summed E-state index contributed by atoms with van der Waals surface area (Å²) in [7, 11) is -4.10. The molecule has 1 aliphatic rings. The number of carbonyl (C=O) groups is 1. The van der Waals surface area contributed by atoms with Crippen molar-refractivity contribution >= 4 is 49.1 Å². The van der Waals surface area contributed by atoms with Gasteiger partial charge in [-0.05, 0) is 31.2 Å². The molecule has 0 bridgehead atoms. The van der Waals surface area contributed by atoms with Crippen molar-refractivity contribution in [3.8, 4) is 0 Å². The quantitative estimate of drug-likeness (QED) is 0.361. The molecule has 210 valence electrons. The molecular formula is C24H22F3N7O4S2. The topological polar surface area (TPSA) is 130 Å². The Balaban J connectivity index is 1.39. The van der Waals surface area contributed by atoms with Gasteiger partial charge < -0.3 is 10.2 Å². The summed E-state index contributed by atoms with van der Waals surface area (Å²) in [4.78, 5) is 40.8. The molecule has 16 heteroatoms. The predicted molar refractivity (Wildman–Crippen MR) is 142 cm³/mol. The number of amides is 1. The molecule has 1 N–H and O–H groups in total. The Kier molecular flexibility index (Phi) is 7.32. The molecule has 4 heterocycles. The van der Waals surface area contributed by atoms with E-state index in [2.05, 4.69) is 20.3 Å². The van der Waals surface area contributed by atoms with Crippen LogP contribution in [-0.2, 0) is 27.5 Å². The first-order valence-electron chi connectivity index (χ1n) is 11.9. The molecule has 3 aromatic heterocycles. The van der Waals surface area contributed by atoms with Crippen LogP contribution < -0.4 is 15.8 Å². The van der Waals surface area contributed by atoms with Crippen LogP contribution in [0.4, 0.5) is 24.8 Å². The van der Waals surface area contributed by atoms with Gasteiger partial charge in [-0.2, -0.15) is 17.5 Å². The second kappa shape index (κ2) is 10.6. The van der Waals surface area contributed by atoms with Gasteiger partial charge in [0.2, 0.25) is 21.9 Å². The van der Waals surface area contributed by atoms with E-state index in [1.807, 2.05) is 4.90 Å². The molecule has 1 saturated heterocycles. The van der Waals surface area contributed by atoms with Crippen molar-refractivity contribution in [2.24, 2.45) is 0 Å². The van der Waals surface area contributed by atoms with Gasteiger partial charge in [0.25, 0.3) is 5.56 Å². The Labute approximate surface area is 230 Å². The van der Waals surface area contributed by atoms with Crippen LogP contribution >= 0.6 is 11.3 Å². The number of halogens is 3. The van der Waals surface area contributed by atoms with E-state index in [-0.39, 0.29) is 33.9 Å². The zero-order chi connectivity index (χ0) is 28.7. The number of anilines is 2. The molecule has 5 rings (SSSR count). The fourth-order valence-electron chi connectivity index (χ4n) is 4.38. The van der Waals surface area contributed by atoms with Crippen molar-refractivity contribution in [2.75, 3.05) is 36.4 Å². The number of carbonyl (C=O) groups excluding carboxylic acids is 1. The van der Waals surface area contributed by atoms with Gasteiger partial charge in [0.05, 0.1) is 17.3 Å². The molecule has 1 fully saturated rings. The van der Waals surface area contributed by atoms with Crippen LogP contribution in [0.1, 0.15) is 10.4 Å². The van der Waals surface area contributed by atoms with Gasteiger partial charge in [-0.3, -0.25) is 14.2 Å². The highest BCUT2D eigenvalue weighted by atomic mass is 32.2. The van der Waals surface area contributed by atoms with E-state index in [0.717, 1.165) is 40.4 Å². The number of piperazine rings is 1. The van der Waals surface area contributed by atoms with Crippen LogP contribution in [0, 0.1) is 6.92 Å². The summed E-state index contributed by atoms with van der Waals surface area (Å²) >= 11 is 1.05. The number of thiophene rings is 1. The Hall–Kier alpha value is -3.89. The van der Waals surface area contributed by atoms with Crippen molar-refractivity contribution in [1.82, 2.24) is 23.8 Å². The molecule has 40 heavy (non-hydrogen) atoms. The van der Waals surface area contributed by atoms with E-state index >= 15 is 0 Å². The van der Waals surface area contributed by atoms with Crippen molar-refractivity contribution in [1.29, 1.82) is 0 Å². The third-order valence-electron chi connectivity index (χ3n) is 6.26. The maximum atomic E-state index is 13.7. The molecule has 0 saturated carbocycles. The molecule has 1 aliphatic heterocycles. The van der Waals surface area contributed by atoms with E-state index in [9.17, 15) is 31.2 Å². The lowest BCUT2D eigenvalue weighted by molar-refractivity contribution is -0.137. The summed E-state index contributed by atoms with van der Waals surface area (Å²) in [5.74, 6) is -0.287. The number of alkyl halides is 3. The number of benzene rings is 1. The summed E-state index contributed by atoms with van der Waals surface area (Å²) in [6.45, 7) is 1.99. The predicted octanol–water partition coefficient (Wildman–Crippen LogP) is 2.72. The minimum absolute atomic E-state index is 0.100. The molecule has 1 amide bonds. The number of aromatic nitrogens is 4. The lowest BCUT2D eigenvalue weighted by Crippen LogP contribution is -2.49. The maximum Gasteiger partial charge on any atom is 0.416 e. The number of rotatable bonds is 6. The van der Waals surface area contributed by atoms with Gasteiger partial charge in [0.1, 0.15) is 16.3 Å². The van der Waals surface area contributed by atoms with Crippen LogP contribution in [-0.4, -0.2) is 64.3 Å². The van der Waals surface area contributed by atoms with Crippen molar-refractivity contribution in [2.45, 2.75) is 24.5 Å². The van der Waals surface area contributed by atoms with Gasteiger partial charge in [-0.15, -0.1) is 11.3 Å². The average Bonchev–Trinajstić information content (AvgIpc) is 3.28. The first-order valence-corrected chi connectivity index (χ1v) is 14.2. The second-order valence-electron chi connectivity index (χ2n) is 8.91. The molecule has 0 radical (unpaired) electrons. The van der Waals surface area contributed by atoms with Crippen LogP contribution in [0.25, 0.3) is 10.2 Å². The van der Waals surface area contributed by atoms with Crippen LogP contribution in [0.2, 0.25) is 0 Å². The summed E-state index contributed by atoms with van der Waals surface area (Å²) in [5.41, 5.74) is -1.79. The van der Waals surface area contributed by atoms with Crippen LogP contribution in [0.3, 0.4) is 0 Å². The monoisotopic (exact) mass is 593 g/mol. The smallest absolute Gasteiger partial charge is 0.338 e. The summed E-state index contributed by atoms with van der Waals surface area (Å²) in [5, 5.41) is 2.20. The lowest BCUT2D eigenvalue weighted by atomic mass is 10.2. The summed E-state index contributed by atoms with van der Waals surface area (Å²) in [6.07, 6.45) is -0.275. The van der Waals surface area contributed by atoms with Gasteiger partial charge in [-0.25, -0.2) is 23.4 Å². The van der Waals surface area contributed by atoms with Crippen molar-refractivity contribution < 1.29 is 26.4 Å². The highest BCUT2D eigenvalue weighted by molar-refractivity contribution is 7.89. The number of hydrogen-bond donors (Lipinski definition) is 1. The summed E-state index contributed by atoms with van der Waals surface area (Å²) < 4.78 is 68.6. The molecule has 0 aliphatic carbocycles. The fourth-order valence-corrected chi connectivity index (χ4v) is 7.47. The van der Waals surface area contributed by atoms with Gasteiger partial charge >= 0.3 is 6.18 Å². The number of nitrogens with zero attached hydrogens (tertiary/aromatic N) is 6. The van der Waals surface area contributed by atoms with E-state index in [0.29, 0.717) is 23.9 Å². The van der Waals surface area contributed by atoms with Gasteiger partial charge in [0, 0.05) is 49.1 Å². The molecule has 11 nitrogen and oxygen atoms in total. The normalized spacial score (nSPS) is 14.9. The Morgan fingerprint density at radius 3 is 2.45 bits per heavy atom. The first kappa shape index (κ1) is 27.7. The number of nitrogens with one attached hydrogen (secondary N) is 1. The van der Waals surface area contributed by atoms with E-state index in [1.54, 1.807) is 25.4 Å². The van der Waals surface area contributed by atoms with Crippen LogP contribution in [0.5, 0.6) is 0 Å². The highest BCUT2D eigenvalue weighted by Gasteiger charge is 2.34. The third kappa shape index (κ3) is 5.41. The number of fused-ring (bicyclic) bond motifs is 1. The summed E-state index contributed by atoms with van der Waals surface area (Å²) in [6, 6.07) is 5.77. The minimum Gasteiger partial charge on any atom is -0.338 e. The third-order valence-corrected chi connectivity index (χ3v) is 9.47. The van der Waals surface area contributed by atoms with E-state index < -0.39 is 39.8 Å². The molecule has 0 spiro atoms. The zero-order valence-corrected chi connectivity index (χ0v) is 22.6. The number of aryl methyl sites for hydroxylation is 1. The Morgan fingerprint density at radius 1 is 1.07 bits per heavy atom. The molecule has 4 aromatic rings. The highest BCUT2D eigenvalue weighted by Crippen LogP contribution is 2.33. The first-order chi connectivity index (χ1) is 18.9. The van der Waals surface area contributed by atoms with Crippen molar-refractivity contribution in [3.05, 3.63) is 69.8 Å². The van der Waals surface area contributed by atoms with Gasteiger partial charge in [0.15, 0.2) is 0 Å². The standard InChI is InChI=1S/C24H22F3N7O4S2/c1-15-20(40(37,38)34-10-8-32(9-11-34)23-28-6-3-7-29-23)19-21(39-15)30-14-33(22(19)36)13-18(35)31-17-5-2-4-16(12-17)24(25,26)27/h2-7,12,14H,8-11,13H2,1H3,(H,31,35). The Bertz CT molecular complexity index is 1730. The number of sulfonamides is 1. The largest absolute Gasteiger partial charge is 0.416 e.